The fraction of sp³-hybridized carbons (Fsp3) is 0.417. The fourth-order valence-electron chi connectivity index (χ4n) is 1.40. The molecule has 1 aromatic rings. The second-order valence-corrected chi connectivity index (χ2v) is 3.43. The molecule has 0 N–H and O–H groups in total. The van der Waals surface area contributed by atoms with Crippen LogP contribution in [0.5, 0.6) is 0 Å². The van der Waals surface area contributed by atoms with Crippen LogP contribution in [0.15, 0.2) is 24.3 Å². The van der Waals surface area contributed by atoms with Gasteiger partial charge in [-0.3, -0.25) is 0 Å². The maximum absolute atomic E-state index is 8.55. The molecule has 0 saturated heterocycles. The predicted molar refractivity (Wildman–Crippen MR) is 59.3 cm³/mol. The number of nitriles is 1. The molecule has 0 radical (unpaired) electrons. The third-order valence-electron chi connectivity index (χ3n) is 2.22. The average molecular weight is 188 g/mol. The number of hydrogen-bond donors (Lipinski definition) is 0. The van der Waals surface area contributed by atoms with Gasteiger partial charge < -0.3 is 4.90 Å². The molecule has 0 aliphatic rings. The number of benzene rings is 1. The smallest absolute Gasteiger partial charge is 0.105 e. The average Bonchev–Trinajstić information content (AvgIpc) is 2.20. The largest absolute Gasteiger partial charge is 0.361 e. The van der Waals surface area contributed by atoms with Crippen molar-refractivity contribution in [2.24, 2.45) is 0 Å². The molecule has 0 aliphatic heterocycles. The Balaban J connectivity index is 2.68. The highest BCUT2D eigenvalue weighted by atomic mass is 15.1. The zero-order valence-electron chi connectivity index (χ0n) is 8.83. The highest BCUT2D eigenvalue weighted by Crippen LogP contribution is 2.14. The molecule has 0 aliphatic carbocycles. The lowest BCUT2D eigenvalue weighted by Gasteiger charge is -2.15. The van der Waals surface area contributed by atoms with Crippen LogP contribution >= 0.6 is 0 Å². The minimum absolute atomic E-state index is 0.438. The summed E-state index contributed by atoms with van der Waals surface area (Å²) < 4.78 is 0. The Kier molecular flexibility index (Phi) is 4.00. The van der Waals surface area contributed by atoms with E-state index >= 15 is 0 Å². The van der Waals surface area contributed by atoms with Gasteiger partial charge in [0.2, 0.25) is 0 Å². The van der Waals surface area contributed by atoms with Gasteiger partial charge in [-0.05, 0) is 24.1 Å². The molecule has 0 saturated carbocycles. The first kappa shape index (κ1) is 10.6. The number of rotatable bonds is 4. The maximum Gasteiger partial charge on any atom is 0.105 e. The first-order valence-electron chi connectivity index (χ1n) is 4.95. The first-order valence-corrected chi connectivity index (χ1v) is 4.95. The Morgan fingerprint density at radius 1 is 1.29 bits per heavy atom. The zero-order chi connectivity index (χ0) is 10.4. The van der Waals surface area contributed by atoms with Gasteiger partial charge in [0.25, 0.3) is 0 Å². The Morgan fingerprint density at radius 2 is 1.93 bits per heavy atom. The van der Waals surface area contributed by atoms with Crippen LogP contribution in [0.3, 0.4) is 0 Å². The van der Waals surface area contributed by atoms with Crippen LogP contribution in [-0.2, 0) is 6.42 Å². The van der Waals surface area contributed by atoms with Gasteiger partial charge in [-0.15, -0.1) is 0 Å². The monoisotopic (exact) mass is 188 g/mol. The maximum atomic E-state index is 8.55. The molecule has 0 fully saturated rings. The van der Waals surface area contributed by atoms with Gasteiger partial charge in [0.1, 0.15) is 6.54 Å². The third-order valence-corrected chi connectivity index (χ3v) is 2.22. The standard InChI is InChI=1S/C12H16N2/c1-3-4-11-5-7-12(8-6-11)14(2)10-9-13/h5-8H,3-4,10H2,1-2H3. The van der Waals surface area contributed by atoms with Crippen LogP contribution in [0.2, 0.25) is 0 Å². The van der Waals surface area contributed by atoms with Crippen molar-refractivity contribution >= 4 is 5.69 Å². The molecule has 0 heterocycles. The molecule has 1 rings (SSSR count). The van der Waals surface area contributed by atoms with Crippen LogP contribution in [0, 0.1) is 11.3 Å². The Labute approximate surface area is 85.8 Å². The van der Waals surface area contributed by atoms with Crippen LogP contribution in [-0.4, -0.2) is 13.6 Å². The topological polar surface area (TPSA) is 27.0 Å². The van der Waals surface area contributed by atoms with E-state index in [2.05, 4.69) is 37.3 Å². The normalized spacial score (nSPS) is 9.50. The lowest BCUT2D eigenvalue weighted by atomic mass is 10.1. The van der Waals surface area contributed by atoms with E-state index in [1.54, 1.807) is 0 Å². The van der Waals surface area contributed by atoms with E-state index in [4.69, 9.17) is 5.26 Å². The van der Waals surface area contributed by atoms with Crippen LogP contribution in [0.4, 0.5) is 5.69 Å². The molecule has 14 heavy (non-hydrogen) atoms. The van der Waals surface area contributed by atoms with Crippen molar-refractivity contribution in [3.05, 3.63) is 29.8 Å². The van der Waals surface area contributed by atoms with Crippen molar-refractivity contribution < 1.29 is 0 Å². The van der Waals surface area contributed by atoms with Crippen molar-refractivity contribution in [2.75, 3.05) is 18.5 Å². The van der Waals surface area contributed by atoms with Crippen LogP contribution in [0.25, 0.3) is 0 Å². The zero-order valence-corrected chi connectivity index (χ0v) is 8.83. The molecule has 1 aromatic carbocycles. The first-order chi connectivity index (χ1) is 6.77. The van der Waals surface area contributed by atoms with Crippen molar-refractivity contribution in [1.82, 2.24) is 0 Å². The summed E-state index contributed by atoms with van der Waals surface area (Å²) in [5.74, 6) is 0. The summed E-state index contributed by atoms with van der Waals surface area (Å²) in [7, 11) is 1.93. The quantitative estimate of drug-likeness (QED) is 0.679. The van der Waals surface area contributed by atoms with Gasteiger partial charge in [-0.25, -0.2) is 0 Å². The van der Waals surface area contributed by atoms with E-state index < -0.39 is 0 Å². The Morgan fingerprint density at radius 3 is 2.43 bits per heavy atom. The van der Waals surface area contributed by atoms with Crippen molar-refractivity contribution in [2.45, 2.75) is 19.8 Å². The molecule has 0 unspecified atom stereocenters. The summed E-state index contributed by atoms with van der Waals surface area (Å²) in [4.78, 5) is 1.94. The van der Waals surface area contributed by atoms with Gasteiger partial charge >= 0.3 is 0 Å². The molecule has 74 valence electrons. The van der Waals surface area contributed by atoms with Crippen molar-refractivity contribution in [1.29, 1.82) is 5.26 Å². The SMILES string of the molecule is CCCc1ccc(N(C)CC#N)cc1. The minimum Gasteiger partial charge on any atom is -0.361 e. The predicted octanol–water partition coefficient (Wildman–Crippen LogP) is 2.60. The van der Waals surface area contributed by atoms with E-state index in [0.717, 1.165) is 12.1 Å². The van der Waals surface area contributed by atoms with E-state index in [1.165, 1.54) is 12.0 Å². The summed E-state index contributed by atoms with van der Waals surface area (Å²) in [6.07, 6.45) is 2.30. The van der Waals surface area contributed by atoms with E-state index in [0.29, 0.717) is 6.54 Å². The molecule has 2 heteroatoms. The molecule has 2 nitrogen and oxygen atoms in total. The van der Waals surface area contributed by atoms with Gasteiger partial charge in [-0.2, -0.15) is 5.26 Å². The summed E-state index contributed by atoms with van der Waals surface area (Å²) in [5, 5.41) is 8.55. The molecule has 0 amide bonds. The molecular weight excluding hydrogens is 172 g/mol. The van der Waals surface area contributed by atoms with Gasteiger partial charge in [0, 0.05) is 12.7 Å². The Bertz CT molecular complexity index is 308. The minimum atomic E-state index is 0.438. The van der Waals surface area contributed by atoms with E-state index in [9.17, 15) is 0 Å². The second kappa shape index (κ2) is 5.29. The van der Waals surface area contributed by atoms with Gasteiger partial charge in [0.05, 0.1) is 6.07 Å². The number of aryl methyl sites for hydroxylation is 1. The fourth-order valence-corrected chi connectivity index (χ4v) is 1.40. The lowest BCUT2D eigenvalue weighted by molar-refractivity contribution is 0.920. The molecule has 0 atom stereocenters. The lowest BCUT2D eigenvalue weighted by Crippen LogP contribution is -2.16. The van der Waals surface area contributed by atoms with Gasteiger partial charge in [0.15, 0.2) is 0 Å². The third kappa shape index (κ3) is 2.77. The van der Waals surface area contributed by atoms with Crippen LogP contribution < -0.4 is 4.90 Å². The molecule has 0 aromatic heterocycles. The second-order valence-electron chi connectivity index (χ2n) is 3.43. The molecule has 0 spiro atoms. The van der Waals surface area contributed by atoms with E-state index in [1.807, 2.05) is 11.9 Å². The molecule has 0 bridgehead atoms. The summed E-state index contributed by atoms with van der Waals surface area (Å²) in [6.45, 7) is 2.61. The van der Waals surface area contributed by atoms with Crippen LogP contribution in [0.1, 0.15) is 18.9 Å². The summed E-state index contributed by atoms with van der Waals surface area (Å²) >= 11 is 0. The van der Waals surface area contributed by atoms with Gasteiger partial charge in [-0.1, -0.05) is 25.5 Å². The number of hydrogen-bond acceptors (Lipinski definition) is 2. The number of anilines is 1. The molecular formula is C12H16N2. The van der Waals surface area contributed by atoms with Crippen molar-refractivity contribution in [3.63, 3.8) is 0 Å². The highest BCUT2D eigenvalue weighted by Gasteiger charge is 1.98. The van der Waals surface area contributed by atoms with Crippen molar-refractivity contribution in [3.8, 4) is 6.07 Å². The summed E-state index contributed by atoms with van der Waals surface area (Å²) in [6, 6.07) is 10.5. The van der Waals surface area contributed by atoms with E-state index in [-0.39, 0.29) is 0 Å². The number of nitrogens with zero attached hydrogens (tertiary/aromatic N) is 2. The highest BCUT2D eigenvalue weighted by molar-refractivity contribution is 5.47. The Hall–Kier alpha value is -1.49. The summed E-state index contributed by atoms with van der Waals surface area (Å²) in [5.41, 5.74) is 2.47.